The van der Waals surface area contributed by atoms with Gasteiger partial charge in [-0.1, -0.05) is 0 Å². The monoisotopic (exact) mass is 272 g/mol. The second-order valence-electron chi connectivity index (χ2n) is 5.06. The van der Waals surface area contributed by atoms with Crippen LogP contribution in [0.5, 0.6) is 0 Å². The summed E-state index contributed by atoms with van der Waals surface area (Å²) in [5, 5.41) is 0. The lowest BCUT2D eigenvalue weighted by molar-refractivity contribution is -0.880. The molecule has 0 aromatic heterocycles. The van der Waals surface area contributed by atoms with Crippen molar-refractivity contribution in [3.05, 3.63) is 0 Å². The van der Waals surface area contributed by atoms with Crippen LogP contribution in [0.1, 0.15) is 0 Å². The number of likely N-dealkylation sites (tertiary alicyclic amines) is 1. The summed E-state index contributed by atoms with van der Waals surface area (Å²) in [6.45, 7) is 1.26. The molecule has 3 unspecified atom stereocenters. The van der Waals surface area contributed by atoms with E-state index in [-0.39, 0.29) is 23.3 Å². The van der Waals surface area contributed by atoms with Gasteiger partial charge >= 0.3 is 0 Å². The molecule has 8 heteroatoms. The van der Waals surface area contributed by atoms with Crippen molar-refractivity contribution in [1.82, 2.24) is 0 Å². The first-order chi connectivity index (χ1) is 7.09. The van der Waals surface area contributed by atoms with Crippen molar-refractivity contribution in [2.75, 3.05) is 38.7 Å². The first-order valence-electron chi connectivity index (χ1n) is 4.94. The third-order valence-corrected chi connectivity index (χ3v) is 4.47. The van der Waals surface area contributed by atoms with Gasteiger partial charge in [-0.05, 0) is 0 Å². The maximum absolute atomic E-state index is 10.8. The number of nitrogens with zero attached hydrogens (tertiary/aromatic N) is 1. The van der Waals surface area contributed by atoms with Gasteiger partial charge in [0, 0.05) is 11.8 Å². The van der Waals surface area contributed by atoms with Crippen molar-refractivity contribution < 1.29 is 26.2 Å². The Morgan fingerprint density at radius 1 is 1.31 bits per heavy atom. The van der Waals surface area contributed by atoms with Crippen molar-refractivity contribution in [1.29, 1.82) is 0 Å². The largest absolute Gasteiger partial charge is 0.328 e. The molecule has 0 spiro atoms. The molecular formula is C8H18NO5S2+. The van der Waals surface area contributed by atoms with Gasteiger partial charge in [0.05, 0.1) is 38.7 Å². The molecule has 2 N–H and O–H groups in total. The lowest BCUT2D eigenvalue weighted by atomic mass is 10.0. The molecule has 1 rings (SSSR count). The van der Waals surface area contributed by atoms with Gasteiger partial charge in [-0.2, -0.15) is 8.42 Å². The van der Waals surface area contributed by atoms with Crippen LogP contribution in [0.4, 0.5) is 0 Å². The summed E-state index contributed by atoms with van der Waals surface area (Å²) in [6, 6.07) is 0. The Hall–Kier alpha value is -0.0200. The highest BCUT2D eigenvalue weighted by molar-refractivity contribution is 7.85. The Kier molecular flexibility index (Phi) is 4.12. The van der Waals surface area contributed by atoms with Crippen molar-refractivity contribution in [2.24, 2.45) is 11.8 Å². The van der Waals surface area contributed by atoms with E-state index in [4.69, 9.17) is 9.11 Å². The fraction of sp³-hybridized carbons (Fsp3) is 1.00. The van der Waals surface area contributed by atoms with Gasteiger partial charge in [-0.3, -0.25) is 4.55 Å². The van der Waals surface area contributed by atoms with Gasteiger partial charge < -0.3 is 9.04 Å². The molecule has 6 nitrogen and oxygen atoms in total. The minimum atomic E-state index is -4.02. The normalized spacial score (nSPS) is 31.5. The number of quaternary nitrogens is 1. The predicted molar refractivity (Wildman–Crippen MR) is 60.9 cm³/mol. The molecule has 0 bridgehead atoms. The van der Waals surface area contributed by atoms with E-state index in [1.54, 1.807) is 0 Å². The van der Waals surface area contributed by atoms with Crippen molar-refractivity contribution in [3.63, 3.8) is 0 Å². The van der Waals surface area contributed by atoms with Crippen LogP contribution < -0.4 is 0 Å². The Morgan fingerprint density at radius 3 is 2.25 bits per heavy atom. The highest BCUT2D eigenvalue weighted by Gasteiger charge is 2.42. The number of hydrogen-bond donors (Lipinski definition) is 2. The lowest BCUT2D eigenvalue weighted by Gasteiger charge is -2.23. The summed E-state index contributed by atoms with van der Waals surface area (Å²) < 4.78 is 50.7. The summed E-state index contributed by atoms with van der Waals surface area (Å²) >= 11 is -1.92. The number of rotatable bonds is 4. The first kappa shape index (κ1) is 14.0. The SMILES string of the molecule is C[N+]1(C)CC(CS(=O)O)C(CS(=O)(=O)O)C1. The predicted octanol–water partition coefficient (Wildman–Crippen LogP) is -0.582. The van der Waals surface area contributed by atoms with Crippen LogP contribution in [-0.4, -0.2) is 64.9 Å². The average Bonchev–Trinajstić information content (AvgIpc) is 2.20. The fourth-order valence-electron chi connectivity index (χ4n) is 2.47. The zero-order valence-electron chi connectivity index (χ0n) is 9.37. The molecule has 3 atom stereocenters. The van der Waals surface area contributed by atoms with Crippen LogP contribution in [0.2, 0.25) is 0 Å². The Balaban J connectivity index is 2.76. The third kappa shape index (κ3) is 4.46. The van der Waals surface area contributed by atoms with Crippen molar-refractivity contribution >= 4 is 21.2 Å². The highest BCUT2D eigenvalue weighted by Crippen LogP contribution is 2.28. The quantitative estimate of drug-likeness (QED) is 0.406. The Labute approximate surface area is 98.3 Å². The van der Waals surface area contributed by atoms with E-state index >= 15 is 0 Å². The minimum Gasteiger partial charge on any atom is -0.328 e. The summed E-state index contributed by atoms with van der Waals surface area (Å²) in [7, 11) is -0.134. The minimum absolute atomic E-state index is 0.0713. The molecule has 96 valence electrons. The van der Waals surface area contributed by atoms with Gasteiger partial charge in [0.15, 0.2) is 11.1 Å². The third-order valence-electron chi connectivity index (χ3n) is 2.91. The van der Waals surface area contributed by atoms with Crippen LogP contribution in [0.3, 0.4) is 0 Å². The molecular weight excluding hydrogens is 254 g/mol. The molecule has 0 aromatic rings. The van der Waals surface area contributed by atoms with Gasteiger partial charge in [-0.15, -0.1) is 0 Å². The van der Waals surface area contributed by atoms with Crippen LogP contribution in [0.25, 0.3) is 0 Å². The fourth-order valence-corrected chi connectivity index (χ4v) is 4.14. The van der Waals surface area contributed by atoms with E-state index in [0.717, 1.165) is 0 Å². The Bertz CT molecular complexity index is 378. The van der Waals surface area contributed by atoms with E-state index < -0.39 is 21.2 Å². The summed E-state index contributed by atoms with van der Waals surface area (Å²) in [5.41, 5.74) is 0. The zero-order chi connectivity index (χ0) is 12.6. The molecule has 1 aliphatic rings. The van der Waals surface area contributed by atoms with E-state index in [9.17, 15) is 12.6 Å². The first-order valence-corrected chi connectivity index (χ1v) is 7.82. The molecule has 1 fully saturated rings. The van der Waals surface area contributed by atoms with E-state index in [1.165, 1.54) is 0 Å². The second kappa shape index (κ2) is 4.69. The number of hydrogen-bond acceptors (Lipinski definition) is 3. The maximum atomic E-state index is 10.8. The van der Waals surface area contributed by atoms with Crippen LogP contribution >= 0.6 is 0 Å². The molecule has 0 amide bonds. The molecule has 16 heavy (non-hydrogen) atoms. The summed E-state index contributed by atoms with van der Waals surface area (Å²) in [4.78, 5) is 0. The molecule has 0 aliphatic carbocycles. The van der Waals surface area contributed by atoms with Crippen LogP contribution in [-0.2, 0) is 21.2 Å². The van der Waals surface area contributed by atoms with E-state index in [1.807, 2.05) is 14.1 Å². The molecule has 0 aromatic carbocycles. The zero-order valence-corrected chi connectivity index (χ0v) is 11.0. The van der Waals surface area contributed by atoms with Gasteiger partial charge in [0.1, 0.15) is 0 Å². The van der Waals surface area contributed by atoms with Crippen molar-refractivity contribution in [2.45, 2.75) is 0 Å². The smallest absolute Gasteiger partial charge is 0.265 e. The van der Waals surface area contributed by atoms with E-state index in [0.29, 0.717) is 17.6 Å². The summed E-state index contributed by atoms with van der Waals surface area (Å²) in [6.07, 6.45) is 0. The maximum Gasteiger partial charge on any atom is 0.265 e. The molecule has 1 aliphatic heterocycles. The summed E-state index contributed by atoms with van der Waals surface area (Å²) in [5.74, 6) is -0.637. The van der Waals surface area contributed by atoms with Crippen molar-refractivity contribution in [3.8, 4) is 0 Å². The van der Waals surface area contributed by atoms with Crippen LogP contribution in [0.15, 0.2) is 0 Å². The van der Waals surface area contributed by atoms with Gasteiger partial charge in [0.2, 0.25) is 0 Å². The van der Waals surface area contributed by atoms with E-state index in [2.05, 4.69) is 0 Å². The second-order valence-corrected chi connectivity index (χ2v) is 7.53. The molecule has 0 radical (unpaired) electrons. The molecule has 1 heterocycles. The molecule has 0 saturated carbocycles. The van der Waals surface area contributed by atoms with Gasteiger partial charge in [-0.25, -0.2) is 4.21 Å². The van der Waals surface area contributed by atoms with Crippen LogP contribution in [0, 0.1) is 11.8 Å². The standard InChI is InChI=1S/C8H17NO5S2/c1-9(2)3-7(5-15(10)11)8(4-9)6-16(12,13)14/h7-8H,3-6H2,1-2H3,(H-,10,11,12,13,14)/p+1. The average molecular weight is 272 g/mol. The highest BCUT2D eigenvalue weighted by atomic mass is 32.2. The van der Waals surface area contributed by atoms with Gasteiger partial charge in [0.25, 0.3) is 10.1 Å². The Morgan fingerprint density at radius 2 is 1.81 bits per heavy atom. The molecule has 1 saturated heterocycles. The lowest BCUT2D eigenvalue weighted by Crippen LogP contribution is -2.37. The topological polar surface area (TPSA) is 91.7 Å².